The maximum atomic E-state index is 13.2. The summed E-state index contributed by atoms with van der Waals surface area (Å²) in [4.78, 5) is 27.1. The van der Waals surface area contributed by atoms with E-state index in [-0.39, 0.29) is 17.1 Å². The monoisotopic (exact) mass is 290 g/mol. The van der Waals surface area contributed by atoms with Crippen LogP contribution in [0, 0.1) is 5.82 Å². The smallest absolute Gasteiger partial charge is 0.256 e. The van der Waals surface area contributed by atoms with E-state index >= 15 is 0 Å². The number of nitrogens with one attached hydrogen (secondary N) is 2. The lowest BCUT2D eigenvalue weighted by Crippen LogP contribution is -2.34. The largest absolute Gasteiger partial charge is 0.376 e. The molecule has 0 aliphatic carbocycles. The van der Waals surface area contributed by atoms with Crippen LogP contribution in [0.3, 0.4) is 0 Å². The fourth-order valence-corrected chi connectivity index (χ4v) is 2.47. The predicted molar refractivity (Wildman–Crippen MR) is 75.8 cm³/mol. The van der Waals surface area contributed by atoms with E-state index in [1.807, 2.05) is 0 Å². The molecule has 5 nitrogen and oxygen atoms in total. The zero-order valence-electron chi connectivity index (χ0n) is 11.3. The van der Waals surface area contributed by atoms with Crippen LogP contribution in [0.25, 0.3) is 10.9 Å². The predicted octanol–water partition coefficient (Wildman–Crippen LogP) is 1.58. The highest BCUT2D eigenvalue weighted by Gasteiger charge is 2.18. The average molecular weight is 290 g/mol. The minimum Gasteiger partial charge on any atom is -0.376 e. The Morgan fingerprint density at radius 1 is 1.48 bits per heavy atom. The highest BCUT2D eigenvalue weighted by Crippen LogP contribution is 2.12. The number of fused-ring (bicyclic) bond motifs is 1. The number of rotatable bonds is 3. The SMILES string of the molecule is O=C(NC[C@@H]1CCCO1)c1c[nH]c2ccc(F)cc2c1=O. The van der Waals surface area contributed by atoms with Gasteiger partial charge in [0.25, 0.3) is 5.91 Å². The van der Waals surface area contributed by atoms with Crippen molar-refractivity contribution in [3.05, 3.63) is 46.0 Å². The van der Waals surface area contributed by atoms with Crippen molar-refractivity contribution in [1.29, 1.82) is 0 Å². The summed E-state index contributed by atoms with van der Waals surface area (Å²) in [6.07, 6.45) is 3.24. The molecule has 21 heavy (non-hydrogen) atoms. The fraction of sp³-hybridized carbons (Fsp3) is 0.333. The molecule has 0 radical (unpaired) electrons. The van der Waals surface area contributed by atoms with Crippen LogP contribution in [-0.4, -0.2) is 30.1 Å². The Balaban J connectivity index is 1.84. The van der Waals surface area contributed by atoms with E-state index in [4.69, 9.17) is 4.74 Å². The number of carbonyl (C=O) groups excluding carboxylic acids is 1. The van der Waals surface area contributed by atoms with Gasteiger partial charge < -0.3 is 15.0 Å². The minimum atomic E-state index is -0.509. The third kappa shape index (κ3) is 2.80. The number of amides is 1. The van der Waals surface area contributed by atoms with Crippen LogP contribution in [-0.2, 0) is 4.74 Å². The van der Waals surface area contributed by atoms with Gasteiger partial charge in [-0.05, 0) is 31.0 Å². The van der Waals surface area contributed by atoms with Crippen LogP contribution in [0.2, 0.25) is 0 Å². The number of ether oxygens (including phenoxy) is 1. The minimum absolute atomic E-state index is 0.00549. The molecule has 1 amide bonds. The molecule has 0 saturated carbocycles. The summed E-state index contributed by atoms with van der Waals surface area (Å²) in [7, 11) is 0. The maximum Gasteiger partial charge on any atom is 0.256 e. The summed E-state index contributed by atoms with van der Waals surface area (Å²) < 4.78 is 18.6. The van der Waals surface area contributed by atoms with Gasteiger partial charge in [0.1, 0.15) is 11.4 Å². The van der Waals surface area contributed by atoms with E-state index in [1.165, 1.54) is 18.3 Å². The Morgan fingerprint density at radius 2 is 2.33 bits per heavy atom. The topological polar surface area (TPSA) is 71.2 Å². The van der Waals surface area contributed by atoms with Gasteiger partial charge in [-0.2, -0.15) is 0 Å². The second-order valence-corrected chi connectivity index (χ2v) is 5.07. The van der Waals surface area contributed by atoms with E-state index in [0.717, 1.165) is 18.9 Å². The van der Waals surface area contributed by atoms with Gasteiger partial charge in [-0.25, -0.2) is 4.39 Å². The average Bonchev–Trinajstić information content (AvgIpc) is 2.99. The molecule has 2 aromatic rings. The van der Waals surface area contributed by atoms with Crippen molar-refractivity contribution in [2.24, 2.45) is 0 Å². The van der Waals surface area contributed by atoms with E-state index in [1.54, 1.807) is 0 Å². The molecule has 1 aromatic heterocycles. The number of halogens is 1. The number of carbonyl (C=O) groups is 1. The van der Waals surface area contributed by atoms with Gasteiger partial charge in [0.2, 0.25) is 5.43 Å². The zero-order valence-corrected chi connectivity index (χ0v) is 11.3. The van der Waals surface area contributed by atoms with Gasteiger partial charge in [-0.3, -0.25) is 9.59 Å². The second-order valence-electron chi connectivity index (χ2n) is 5.07. The number of hydrogen-bond donors (Lipinski definition) is 2. The van der Waals surface area contributed by atoms with Crippen LogP contribution >= 0.6 is 0 Å². The van der Waals surface area contributed by atoms with Crippen LogP contribution in [0.4, 0.5) is 4.39 Å². The number of benzene rings is 1. The molecule has 1 aromatic carbocycles. The third-order valence-corrected chi connectivity index (χ3v) is 3.60. The van der Waals surface area contributed by atoms with Crippen LogP contribution in [0.15, 0.2) is 29.2 Å². The molecule has 1 atom stereocenters. The summed E-state index contributed by atoms with van der Waals surface area (Å²) >= 11 is 0. The highest BCUT2D eigenvalue weighted by molar-refractivity contribution is 5.97. The van der Waals surface area contributed by atoms with Gasteiger partial charge in [0.15, 0.2) is 0 Å². The van der Waals surface area contributed by atoms with Crippen molar-refractivity contribution in [3.8, 4) is 0 Å². The van der Waals surface area contributed by atoms with Gasteiger partial charge in [-0.1, -0.05) is 0 Å². The summed E-state index contributed by atoms with van der Waals surface area (Å²) in [5, 5.41) is 2.85. The number of pyridine rings is 1. The molecular weight excluding hydrogens is 275 g/mol. The maximum absolute atomic E-state index is 13.2. The first-order chi connectivity index (χ1) is 10.1. The van der Waals surface area contributed by atoms with Gasteiger partial charge in [0, 0.05) is 30.3 Å². The molecular formula is C15H15FN2O3. The quantitative estimate of drug-likeness (QED) is 0.901. The molecule has 2 N–H and O–H groups in total. The zero-order chi connectivity index (χ0) is 14.8. The first kappa shape index (κ1) is 13.8. The lowest BCUT2D eigenvalue weighted by atomic mass is 10.1. The molecule has 6 heteroatoms. The molecule has 110 valence electrons. The lowest BCUT2D eigenvalue weighted by Gasteiger charge is -2.10. The van der Waals surface area contributed by atoms with Crippen molar-refractivity contribution in [3.63, 3.8) is 0 Å². The van der Waals surface area contributed by atoms with Gasteiger partial charge in [0.05, 0.1) is 6.10 Å². The molecule has 2 heterocycles. The normalized spacial score (nSPS) is 18.0. The van der Waals surface area contributed by atoms with Crippen LogP contribution in [0.5, 0.6) is 0 Å². The molecule has 1 fully saturated rings. The Labute approximate surface area is 120 Å². The standard InChI is InChI=1S/C15H15FN2O3/c16-9-3-4-13-11(6-9)14(19)12(8-17-13)15(20)18-7-10-2-1-5-21-10/h3-4,6,8,10H,1-2,5,7H2,(H,17,19)(H,18,20)/t10-/m0/s1. The summed E-state index contributed by atoms with van der Waals surface area (Å²) in [5.74, 6) is -0.983. The molecule has 1 saturated heterocycles. The molecule has 0 spiro atoms. The molecule has 0 unspecified atom stereocenters. The number of H-pyrrole nitrogens is 1. The van der Waals surface area contributed by atoms with Crippen molar-refractivity contribution in [1.82, 2.24) is 10.3 Å². The van der Waals surface area contributed by atoms with Gasteiger partial charge >= 0.3 is 0 Å². The second kappa shape index (κ2) is 5.65. The molecule has 0 bridgehead atoms. The Morgan fingerprint density at radius 3 is 3.10 bits per heavy atom. The number of aromatic nitrogens is 1. The first-order valence-corrected chi connectivity index (χ1v) is 6.86. The number of aromatic amines is 1. The van der Waals surface area contributed by atoms with E-state index < -0.39 is 17.2 Å². The summed E-state index contributed by atoms with van der Waals surface area (Å²) in [6, 6.07) is 3.86. The Kier molecular flexibility index (Phi) is 3.70. The fourth-order valence-electron chi connectivity index (χ4n) is 2.47. The summed E-state index contributed by atoms with van der Waals surface area (Å²) in [5.41, 5.74) is -0.00346. The van der Waals surface area contributed by atoms with Crippen molar-refractivity contribution < 1.29 is 13.9 Å². The van der Waals surface area contributed by atoms with Gasteiger partial charge in [-0.15, -0.1) is 0 Å². The van der Waals surface area contributed by atoms with Crippen molar-refractivity contribution in [2.75, 3.05) is 13.2 Å². The third-order valence-electron chi connectivity index (χ3n) is 3.60. The molecule has 1 aliphatic heterocycles. The highest BCUT2D eigenvalue weighted by atomic mass is 19.1. The van der Waals surface area contributed by atoms with E-state index in [9.17, 15) is 14.0 Å². The molecule has 1 aliphatic rings. The van der Waals surface area contributed by atoms with E-state index in [2.05, 4.69) is 10.3 Å². The first-order valence-electron chi connectivity index (χ1n) is 6.86. The number of hydrogen-bond acceptors (Lipinski definition) is 3. The van der Waals surface area contributed by atoms with Crippen LogP contribution in [0.1, 0.15) is 23.2 Å². The van der Waals surface area contributed by atoms with E-state index in [0.29, 0.717) is 18.7 Å². The lowest BCUT2D eigenvalue weighted by molar-refractivity contribution is 0.0857. The molecule has 3 rings (SSSR count). The summed E-state index contributed by atoms with van der Waals surface area (Å²) in [6.45, 7) is 1.08. The Bertz CT molecular complexity index is 735. The Hall–Kier alpha value is -2.21. The van der Waals surface area contributed by atoms with Crippen LogP contribution < -0.4 is 10.7 Å². The van der Waals surface area contributed by atoms with Crippen molar-refractivity contribution in [2.45, 2.75) is 18.9 Å². The van der Waals surface area contributed by atoms with Crippen molar-refractivity contribution >= 4 is 16.8 Å².